The Morgan fingerprint density at radius 1 is 1.10 bits per heavy atom. The summed E-state index contributed by atoms with van der Waals surface area (Å²) in [5.41, 5.74) is 10.9. The Morgan fingerprint density at radius 3 is 2.67 bits per heavy atom. The Morgan fingerprint density at radius 2 is 1.90 bits per heavy atom. The molecule has 0 saturated carbocycles. The predicted molar refractivity (Wildman–Crippen MR) is 86.5 cm³/mol. The molecule has 3 nitrogen and oxygen atoms in total. The minimum Gasteiger partial charge on any atom is -0.497 e. The third-order valence-corrected chi connectivity index (χ3v) is 4.20. The lowest BCUT2D eigenvalue weighted by molar-refractivity contribution is 0.257. The first-order valence-electron chi connectivity index (χ1n) is 7.47. The monoisotopic (exact) mass is 282 g/mol. The fourth-order valence-corrected chi connectivity index (χ4v) is 2.91. The van der Waals surface area contributed by atoms with Crippen LogP contribution < -0.4 is 10.5 Å². The van der Waals surface area contributed by atoms with Crippen LogP contribution in [0.3, 0.4) is 0 Å². The van der Waals surface area contributed by atoms with Crippen LogP contribution >= 0.6 is 0 Å². The number of fused-ring (bicyclic) bond motifs is 1. The van der Waals surface area contributed by atoms with E-state index in [0.717, 1.165) is 43.9 Å². The molecule has 2 N–H and O–H groups in total. The number of ether oxygens (including phenoxy) is 1. The van der Waals surface area contributed by atoms with Gasteiger partial charge in [-0.2, -0.15) is 0 Å². The number of anilines is 1. The van der Waals surface area contributed by atoms with Gasteiger partial charge in [-0.1, -0.05) is 18.2 Å². The van der Waals surface area contributed by atoms with E-state index in [4.69, 9.17) is 10.5 Å². The van der Waals surface area contributed by atoms with Crippen molar-refractivity contribution in [1.82, 2.24) is 4.90 Å². The average molecular weight is 282 g/mol. The second kappa shape index (κ2) is 6.19. The molecule has 0 bridgehead atoms. The topological polar surface area (TPSA) is 38.5 Å². The van der Waals surface area contributed by atoms with Crippen molar-refractivity contribution < 1.29 is 4.74 Å². The zero-order valence-corrected chi connectivity index (χ0v) is 12.5. The van der Waals surface area contributed by atoms with Crippen molar-refractivity contribution in [3.63, 3.8) is 0 Å². The van der Waals surface area contributed by atoms with Crippen LogP contribution in [0.5, 0.6) is 5.75 Å². The molecule has 1 aliphatic rings. The minimum atomic E-state index is 0.866. The SMILES string of the molecule is COc1ccc(CCN2CCc3ccc(N)cc3C2)cc1. The van der Waals surface area contributed by atoms with E-state index in [0.29, 0.717) is 0 Å². The number of rotatable bonds is 4. The van der Waals surface area contributed by atoms with E-state index in [-0.39, 0.29) is 0 Å². The molecular weight excluding hydrogens is 260 g/mol. The molecule has 21 heavy (non-hydrogen) atoms. The Labute approximate surface area is 126 Å². The highest BCUT2D eigenvalue weighted by molar-refractivity contribution is 5.45. The second-order valence-electron chi connectivity index (χ2n) is 5.65. The van der Waals surface area contributed by atoms with E-state index < -0.39 is 0 Å². The molecule has 0 atom stereocenters. The quantitative estimate of drug-likeness (QED) is 0.876. The van der Waals surface area contributed by atoms with Crippen molar-refractivity contribution in [3.05, 3.63) is 59.2 Å². The van der Waals surface area contributed by atoms with Gasteiger partial charge < -0.3 is 10.5 Å². The number of hydrogen-bond donors (Lipinski definition) is 1. The molecule has 3 heteroatoms. The van der Waals surface area contributed by atoms with Gasteiger partial charge in [-0.05, 0) is 53.8 Å². The van der Waals surface area contributed by atoms with E-state index >= 15 is 0 Å². The van der Waals surface area contributed by atoms with Crippen LogP contribution in [0, 0.1) is 0 Å². The molecule has 0 unspecified atom stereocenters. The smallest absolute Gasteiger partial charge is 0.118 e. The van der Waals surface area contributed by atoms with Crippen LogP contribution in [0.4, 0.5) is 5.69 Å². The number of nitrogen functional groups attached to an aromatic ring is 1. The molecule has 0 fully saturated rings. The molecule has 0 radical (unpaired) electrons. The number of hydrogen-bond acceptors (Lipinski definition) is 3. The number of nitrogens with zero attached hydrogens (tertiary/aromatic N) is 1. The van der Waals surface area contributed by atoms with E-state index in [2.05, 4.69) is 29.2 Å². The van der Waals surface area contributed by atoms with E-state index in [1.807, 2.05) is 18.2 Å². The van der Waals surface area contributed by atoms with Gasteiger partial charge in [0, 0.05) is 25.3 Å². The maximum absolute atomic E-state index is 5.89. The molecule has 110 valence electrons. The highest BCUT2D eigenvalue weighted by Gasteiger charge is 2.15. The highest BCUT2D eigenvalue weighted by atomic mass is 16.5. The van der Waals surface area contributed by atoms with Crippen LogP contribution in [0.15, 0.2) is 42.5 Å². The van der Waals surface area contributed by atoms with Gasteiger partial charge in [-0.3, -0.25) is 4.90 Å². The van der Waals surface area contributed by atoms with E-state index in [9.17, 15) is 0 Å². The van der Waals surface area contributed by atoms with Crippen LogP contribution in [0.1, 0.15) is 16.7 Å². The van der Waals surface area contributed by atoms with Crippen LogP contribution in [-0.4, -0.2) is 25.1 Å². The van der Waals surface area contributed by atoms with Gasteiger partial charge in [0.05, 0.1) is 7.11 Å². The third kappa shape index (κ3) is 3.37. The predicted octanol–water partition coefficient (Wildman–Crippen LogP) is 2.88. The lowest BCUT2D eigenvalue weighted by Gasteiger charge is -2.29. The molecule has 1 aliphatic heterocycles. The molecule has 2 aromatic carbocycles. The first-order valence-corrected chi connectivity index (χ1v) is 7.47. The molecule has 2 aromatic rings. The zero-order valence-electron chi connectivity index (χ0n) is 12.5. The van der Waals surface area contributed by atoms with Gasteiger partial charge in [0.1, 0.15) is 5.75 Å². The fourth-order valence-electron chi connectivity index (χ4n) is 2.91. The van der Waals surface area contributed by atoms with Crippen LogP contribution in [0.2, 0.25) is 0 Å². The third-order valence-electron chi connectivity index (χ3n) is 4.20. The first kappa shape index (κ1) is 14.0. The fraction of sp³-hybridized carbons (Fsp3) is 0.333. The van der Waals surface area contributed by atoms with Gasteiger partial charge in [0.25, 0.3) is 0 Å². The Hall–Kier alpha value is -2.00. The van der Waals surface area contributed by atoms with Crippen molar-refractivity contribution in [2.75, 3.05) is 25.9 Å². The molecule has 3 rings (SSSR count). The average Bonchev–Trinajstić information content (AvgIpc) is 2.53. The molecule has 0 aromatic heterocycles. The van der Waals surface area contributed by atoms with Crippen molar-refractivity contribution in [2.45, 2.75) is 19.4 Å². The Balaban J connectivity index is 1.59. The lowest BCUT2D eigenvalue weighted by Crippen LogP contribution is -2.32. The molecular formula is C18H22N2O. The lowest BCUT2D eigenvalue weighted by atomic mass is 9.99. The van der Waals surface area contributed by atoms with Gasteiger partial charge in [-0.15, -0.1) is 0 Å². The Kier molecular flexibility index (Phi) is 4.11. The number of methoxy groups -OCH3 is 1. The molecule has 0 saturated heterocycles. The van der Waals surface area contributed by atoms with E-state index in [1.165, 1.54) is 16.7 Å². The van der Waals surface area contributed by atoms with Crippen molar-refractivity contribution in [2.24, 2.45) is 0 Å². The summed E-state index contributed by atoms with van der Waals surface area (Å²) in [5.74, 6) is 0.918. The first-order chi connectivity index (χ1) is 10.2. The van der Waals surface area contributed by atoms with Gasteiger partial charge in [0.2, 0.25) is 0 Å². The standard InChI is InChI=1S/C18H22N2O/c1-21-18-6-2-14(3-7-18)8-10-20-11-9-15-4-5-17(19)12-16(15)13-20/h2-7,12H,8-11,13,19H2,1H3. The normalized spacial score (nSPS) is 14.7. The summed E-state index contributed by atoms with van der Waals surface area (Å²) in [6.07, 6.45) is 2.19. The molecule has 1 heterocycles. The summed E-state index contributed by atoms with van der Waals surface area (Å²) in [5, 5.41) is 0. The van der Waals surface area contributed by atoms with Crippen molar-refractivity contribution >= 4 is 5.69 Å². The van der Waals surface area contributed by atoms with Crippen molar-refractivity contribution in [3.8, 4) is 5.75 Å². The van der Waals surface area contributed by atoms with Gasteiger partial charge in [-0.25, -0.2) is 0 Å². The van der Waals surface area contributed by atoms with Crippen LogP contribution in [0.25, 0.3) is 0 Å². The van der Waals surface area contributed by atoms with E-state index in [1.54, 1.807) is 7.11 Å². The largest absolute Gasteiger partial charge is 0.497 e. The highest BCUT2D eigenvalue weighted by Crippen LogP contribution is 2.21. The summed E-state index contributed by atoms with van der Waals surface area (Å²) < 4.78 is 5.19. The van der Waals surface area contributed by atoms with Crippen molar-refractivity contribution in [1.29, 1.82) is 0 Å². The summed E-state index contributed by atoms with van der Waals surface area (Å²) in [4.78, 5) is 2.51. The summed E-state index contributed by atoms with van der Waals surface area (Å²) in [6, 6.07) is 14.7. The summed E-state index contributed by atoms with van der Waals surface area (Å²) >= 11 is 0. The minimum absolute atomic E-state index is 0.866. The number of nitrogens with two attached hydrogens (primary N) is 1. The summed E-state index contributed by atoms with van der Waals surface area (Å²) in [7, 11) is 1.70. The second-order valence-corrected chi connectivity index (χ2v) is 5.65. The van der Waals surface area contributed by atoms with Gasteiger partial charge in [0.15, 0.2) is 0 Å². The maximum atomic E-state index is 5.89. The molecule has 0 amide bonds. The molecule has 0 aliphatic carbocycles. The zero-order chi connectivity index (χ0) is 14.7. The number of benzene rings is 2. The Bertz CT molecular complexity index is 607. The van der Waals surface area contributed by atoms with Gasteiger partial charge >= 0.3 is 0 Å². The summed E-state index contributed by atoms with van der Waals surface area (Å²) in [6.45, 7) is 3.23. The van der Waals surface area contributed by atoms with Crippen LogP contribution in [-0.2, 0) is 19.4 Å². The molecule has 0 spiro atoms. The maximum Gasteiger partial charge on any atom is 0.118 e.